The Morgan fingerprint density at radius 1 is 1.00 bits per heavy atom. The first-order chi connectivity index (χ1) is 9.83. The van der Waals surface area contributed by atoms with Crippen molar-refractivity contribution < 1.29 is 9.84 Å². The molecule has 0 aromatic heterocycles. The van der Waals surface area contributed by atoms with Crippen LogP contribution in [0.2, 0.25) is 0 Å². The second-order valence-corrected chi connectivity index (χ2v) is 5.47. The summed E-state index contributed by atoms with van der Waals surface area (Å²) in [4.78, 5) is 0. The van der Waals surface area contributed by atoms with E-state index in [1.807, 2.05) is 24.3 Å². The van der Waals surface area contributed by atoms with Crippen molar-refractivity contribution in [2.24, 2.45) is 5.92 Å². The fourth-order valence-corrected chi connectivity index (χ4v) is 3.34. The lowest BCUT2D eigenvalue weighted by atomic mass is 9.84. The lowest BCUT2D eigenvalue weighted by molar-refractivity contribution is 0.151. The first-order valence-corrected chi connectivity index (χ1v) is 7.08. The molecule has 0 radical (unpaired) electrons. The van der Waals surface area contributed by atoms with Crippen LogP contribution in [-0.4, -0.2) is 5.11 Å². The summed E-state index contributed by atoms with van der Waals surface area (Å²) < 4.78 is 6.25. The Morgan fingerprint density at radius 2 is 1.80 bits per heavy atom. The van der Waals surface area contributed by atoms with Gasteiger partial charge in [0.2, 0.25) is 0 Å². The van der Waals surface area contributed by atoms with Gasteiger partial charge < -0.3 is 9.84 Å². The lowest BCUT2D eigenvalue weighted by Gasteiger charge is -2.33. The normalized spacial score (nSPS) is 23.5. The van der Waals surface area contributed by atoms with E-state index in [2.05, 4.69) is 18.2 Å². The van der Waals surface area contributed by atoms with Gasteiger partial charge in [-0.05, 0) is 42.2 Å². The van der Waals surface area contributed by atoms with Gasteiger partial charge in [-0.25, -0.2) is 0 Å². The lowest BCUT2D eigenvalue weighted by Crippen LogP contribution is -2.23. The molecule has 0 saturated heterocycles. The Hall–Kier alpha value is -2.22. The van der Waals surface area contributed by atoms with Crippen LogP contribution in [-0.2, 0) is 0 Å². The summed E-state index contributed by atoms with van der Waals surface area (Å²) in [7, 11) is 0. The molecule has 100 valence electrons. The molecule has 1 aliphatic heterocycles. The summed E-state index contributed by atoms with van der Waals surface area (Å²) in [6.07, 6.45) is 4.65. The van der Waals surface area contributed by atoms with E-state index < -0.39 is 0 Å². The van der Waals surface area contributed by atoms with Crippen LogP contribution in [0.1, 0.15) is 30.1 Å². The van der Waals surface area contributed by atoms with Crippen LogP contribution < -0.4 is 4.74 Å². The maximum absolute atomic E-state index is 9.45. The maximum Gasteiger partial charge on any atom is 0.131 e. The van der Waals surface area contributed by atoms with Gasteiger partial charge in [-0.15, -0.1) is 0 Å². The number of phenols is 1. The molecule has 2 aromatic rings. The van der Waals surface area contributed by atoms with Crippen LogP contribution in [0.25, 0.3) is 5.57 Å². The molecule has 2 heteroatoms. The van der Waals surface area contributed by atoms with Gasteiger partial charge in [0.05, 0.1) is 0 Å². The summed E-state index contributed by atoms with van der Waals surface area (Å²) in [6.45, 7) is 0. The average Bonchev–Trinajstić information content (AvgIpc) is 2.97. The second-order valence-electron chi connectivity index (χ2n) is 5.47. The van der Waals surface area contributed by atoms with Crippen LogP contribution in [0.5, 0.6) is 11.5 Å². The summed E-state index contributed by atoms with van der Waals surface area (Å²) in [5.74, 6) is 1.69. The number of hydrogen-bond acceptors (Lipinski definition) is 2. The molecule has 2 atom stereocenters. The van der Waals surface area contributed by atoms with Gasteiger partial charge in [0.1, 0.15) is 17.6 Å². The molecule has 2 aliphatic rings. The van der Waals surface area contributed by atoms with Crippen molar-refractivity contribution in [3.63, 3.8) is 0 Å². The molecular weight excluding hydrogens is 248 g/mol. The SMILES string of the molecule is Oc1ccc([C@H]2Oc3ccccc3C3=CCC[C@H]32)cc1. The molecular formula is C18H16O2. The van der Waals surface area contributed by atoms with Crippen molar-refractivity contribution in [1.82, 2.24) is 0 Å². The van der Waals surface area contributed by atoms with Crippen LogP contribution in [0.3, 0.4) is 0 Å². The van der Waals surface area contributed by atoms with Crippen molar-refractivity contribution in [1.29, 1.82) is 0 Å². The Bertz CT molecular complexity index is 670. The molecule has 1 N–H and O–H groups in total. The van der Waals surface area contributed by atoms with Gasteiger partial charge in [0.15, 0.2) is 0 Å². The first-order valence-electron chi connectivity index (χ1n) is 7.08. The smallest absolute Gasteiger partial charge is 0.131 e. The van der Waals surface area contributed by atoms with Crippen LogP contribution >= 0.6 is 0 Å². The zero-order valence-corrected chi connectivity index (χ0v) is 11.1. The number of rotatable bonds is 1. The molecule has 2 aromatic carbocycles. The standard InChI is InChI=1S/C18H16O2/c19-13-10-8-12(9-11-13)18-16-6-3-5-14(16)15-4-1-2-7-17(15)20-18/h1-2,4-5,7-11,16,18-19H,3,6H2/t16-,18-/m1/s1. The van der Waals surface area contributed by atoms with E-state index in [0.29, 0.717) is 11.7 Å². The van der Waals surface area contributed by atoms with Gasteiger partial charge in [-0.1, -0.05) is 36.4 Å². The van der Waals surface area contributed by atoms with Crippen molar-refractivity contribution in [3.05, 3.63) is 65.7 Å². The van der Waals surface area contributed by atoms with E-state index in [4.69, 9.17) is 4.74 Å². The van der Waals surface area contributed by atoms with E-state index in [9.17, 15) is 5.11 Å². The van der Waals surface area contributed by atoms with E-state index in [-0.39, 0.29) is 6.10 Å². The molecule has 1 heterocycles. The Labute approximate surface area is 118 Å². The van der Waals surface area contributed by atoms with Gasteiger partial charge in [0.25, 0.3) is 0 Å². The number of allylic oxidation sites excluding steroid dienone is 1. The highest BCUT2D eigenvalue weighted by molar-refractivity contribution is 5.75. The summed E-state index contributed by atoms with van der Waals surface area (Å²) in [5, 5.41) is 9.45. The topological polar surface area (TPSA) is 29.5 Å². The van der Waals surface area contributed by atoms with Crippen LogP contribution in [0, 0.1) is 5.92 Å². The largest absolute Gasteiger partial charge is 0.508 e. The minimum Gasteiger partial charge on any atom is -0.508 e. The average molecular weight is 264 g/mol. The highest BCUT2D eigenvalue weighted by atomic mass is 16.5. The predicted molar refractivity (Wildman–Crippen MR) is 78.6 cm³/mol. The predicted octanol–water partition coefficient (Wildman–Crippen LogP) is 4.32. The Kier molecular flexibility index (Phi) is 2.56. The molecule has 0 spiro atoms. The van der Waals surface area contributed by atoms with Crippen molar-refractivity contribution in [2.45, 2.75) is 18.9 Å². The van der Waals surface area contributed by atoms with Crippen molar-refractivity contribution in [3.8, 4) is 11.5 Å². The molecule has 1 aliphatic carbocycles. The second kappa shape index (κ2) is 4.41. The number of hydrogen-bond donors (Lipinski definition) is 1. The summed E-state index contributed by atoms with van der Waals surface area (Å²) in [6, 6.07) is 15.7. The summed E-state index contributed by atoms with van der Waals surface area (Å²) >= 11 is 0. The van der Waals surface area contributed by atoms with Crippen molar-refractivity contribution >= 4 is 5.57 Å². The minimum absolute atomic E-state index is 0.0549. The number of ether oxygens (including phenoxy) is 1. The van der Waals surface area contributed by atoms with E-state index in [1.54, 1.807) is 12.1 Å². The van der Waals surface area contributed by atoms with Crippen molar-refractivity contribution in [2.75, 3.05) is 0 Å². The molecule has 0 unspecified atom stereocenters. The van der Waals surface area contributed by atoms with Gasteiger partial charge >= 0.3 is 0 Å². The molecule has 0 saturated carbocycles. The Morgan fingerprint density at radius 3 is 2.65 bits per heavy atom. The molecule has 0 amide bonds. The molecule has 0 fully saturated rings. The Balaban J connectivity index is 1.80. The maximum atomic E-state index is 9.45. The molecule has 20 heavy (non-hydrogen) atoms. The minimum atomic E-state index is 0.0549. The molecule has 0 bridgehead atoms. The zero-order chi connectivity index (χ0) is 13.5. The van der Waals surface area contributed by atoms with E-state index >= 15 is 0 Å². The fraction of sp³-hybridized carbons (Fsp3) is 0.222. The van der Waals surface area contributed by atoms with E-state index in [1.165, 1.54) is 11.1 Å². The quantitative estimate of drug-likeness (QED) is 0.831. The molecule has 2 nitrogen and oxygen atoms in total. The number of phenolic OH excluding ortho intramolecular Hbond substituents is 1. The van der Waals surface area contributed by atoms with Crippen LogP contribution in [0.4, 0.5) is 0 Å². The third kappa shape index (κ3) is 1.72. The number of para-hydroxylation sites is 1. The number of benzene rings is 2. The van der Waals surface area contributed by atoms with Gasteiger partial charge in [-0.2, -0.15) is 0 Å². The fourth-order valence-electron chi connectivity index (χ4n) is 3.34. The third-order valence-corrected chi connectivity index (χ3v) is 4.28. The first kappa shape index (κ1) is 11.6. The number of aromatic hydroxyl groups is 1. The molecule has 4 rings (SSSR count). The van der Waals surface area contributed by atoms with E-state index in [0.717, 1.165) is 24.2 Å². The monoisotopic (exact) mass is 264 g/mol. The van der Waals surface area contributed by atoms with Gasteiger partial charge in [0, 0.05) is 11.5 Å². The highest BCUT2D eigenvalue weighted by Gasteiger charge is 2.36. The zero-order valence-electron chi connectivity index (χ0n) is 11.1. The third-order valence-electron chi connectivity index (χ3n) is 4.28. The number of fused-ring (bicyclic) bond motifs is 3. The summed E-state index contributed by atoms with van der Waals surface area (Å²) in [5.41, 5.74) is 3.80. The van der Waals surface area contributed by atoms with Crippen LogP contribution in [0.15, 0.2) is 54.6 Å². The van der Waals surface area contributed by atoms with Gasteiger partial charge in [-0.3, -0.25) is 0 Å². The highest BCUT2D eigenvalue weighted by Crippen LogP contribution is 2.50.